The molecule has 5 rings (SSSR count). The summed E-state index contributed by atoms with van der Waals surface area (Å²) in [5, 5.41) is 5.58. The Morgan fingerprint density at radius 2 is 1.57 bits per heavy atom. The van der Waals surface area contributed by atoms with Crippen molar-refractivity contribution in [2.75, 3.05) is 13.1 Å². The molecule has 2 N–H and O–H groups in total. The van der Waals surface area contributed by atoms with Crippen LogP contribution in [0.1, 0.15) is 50.5 Å². The second-order valence-electron chi connectivity index (χ2n) is 9.49. The molecule has 0 heterocycles. The van der Waals surface area contributed by atoms with Gasteiger partial charge in [0.2, 0.25) is 11.8 Å². The minimum atomic E-state index is -2.84. The maximum absolute atomic E-state index is 12.5. The van der Waals surface area contributed by atoms with Gasteiger partial charge in [0.1, 0.15) is 5.75 Å². The Morgan fingerprint density at radius 1 is 0.967 bits per heavy atom. The zero-order valence-corrected chi connectivity index (χ0v) is 17.2. The monoisotopic (exact) mass is 420 g/mol. The number of rotatable bonds is 9. The molecule has 0 saturated heterocycles. The first kappa shape index (κ1) is 21.1. The molecule has 7 heteroatoms. The van der Waals surface area contributed by atoms with Crippen LogP contribution in [0.15, 0.2) is 24.3 Å². The van der Waals surface area contributed by atoms with Crippen LogP contribution >= 0.6 is 0 Å². The lowest BCUT2D eigenvalue weighted by Crippen LogP contribution is -2.48. The van der Waals surface area contributed by atoms with Crippen molar-refractivity contribution < 1.29 is 23.1 Å². The third-order valence-corrected chi connectivity index (χ3v) is 7.03. The molecule has 164 valence electrons. The fourth-order valence-electron chi connectivity index (χ4n) is 6.33. The number of hydrogen-bond acceptors (Lipinski definition) is 3. The number of ether oxygens (including phenoxy) is 1. The van der Waals surface area contributed by atoms with Gasteiger partial charge in [0.25, 0.3) is 0 Å². The van der Waals surface area contributed by atoms with Crippen molar-refractivity contribution in [2.24, 2.45) is 23.2 Å². The zero-order valence-electron chi connectivity index (χ0n) is 17.2. The molecule has 4 saturated carbocycles. The minimum Gasteiger partial charge on any atom is -0.435 e. The second kappa shape index (κ2) is 8.90. The Labute approximate surface area is 175 Å². The van der Waals surface area contributed by atoms with Crippen molar-refractivity contribution in [3.05, 3.63) is 29.8 Å². The first-order chi connectivity index (χ1) is 14.4. The molecule has 5 nitrogen and oxygen atoms in total. The van der Waals surface area contributed by atoms with Crippen molar-refractivity contribution in [1.29, 1.82) is 0 Å². The van der Waals surface area contributed by atoms with E-state index in [0.29, 0.717) is 19.4 Å². The molecule has 0 aliphatic heterocycles. The highest BCUT2D eigenvalue weighted by atomic mass is 19.3. The van der Waals surface area contributed by atoms with E-state index in [2.05, 4.69) is 15.4 Å². The quantitative estimate of drug-likeness (QED) is 0.641. The molecule has 0 radical (unpaired) electrons. The molecule has 4 aliphatic rings. The van der Waals surface area contributed by atoms with Gasteiger partial charge in [0.15, 0.2) is 0 Å². The van der Waals surface area contributed by atoms with Crippen molar-refractivity contribution >= 4 is 11.8 Å². The molecule has 0 aromatic heterocycles. The van der Waals surface area contributed by atoms with Crippen LogP contribution in [0.25, 0.3) is 0 Å². The van der Waals surface area contributed by atoms with Crippen LogP contribution < -0.4 is 15.4 Å². The van der Waals surface area contributed by atoms with Crippen LogP contribution in [0.4, 0.5) is 8.78 Å². The Bertz CT molecular complexity index is 731. The average Bonchev–Trinajstić information content (AvgIpc) is 2.66. The van der Waals surface area contributed by atoms with Crippen molar-refractivity contribution in [3.63, 3.8) is 0 Å². The topological polar surface area (TPSA) is 67.4 Å². The normalized spacial score (nSPS) is 29.1. The summed E-state index contributed by atoms with van der Waals surface area (Å²) in [7, 11) is 0. The van der Waals surface area contributed by atoms with Gasteiger partial charge in [-0.25, -0.2) is 0 Å². The predicted octanol–water partition coefficient (Wildman–Crippen LogP) is 3.67. The number of alkyl halides is 2. The minimum absolute atomic E-state index is 0.00757. The van der Waals surface area contributed by atoms with Gasteiger partial charge in [0, 0.05) is 13.0 Å². The molecule has 0 spiro atoms. The number of carbonyl (C=O) groups excluding carboxylic acids is 2. The van der Waals surface area contributed by atoms with E-state index in [0.717, 1.165) is 23.3 Å². The van der Waals surface area contributed by atoms with Gasteiger partial charge < -0.3 is 15.4 Å². The molecule has 0 atom stereocenters. The Kier molecular flexibility index (Phi) is 6.25. The fourth-order valence-corrected chi connectivity index (χ4v) is 6.33. The zero-order chi connectivity index (χ0) is 21.1. The van der Waals surface area contributed by atoms with Gasteiger partial charge in [-0.15, -0.1) is 0 Å². The maximum Gasteiger partial charge on any atom is 0.387 e. The molecule has 1 aromatic carbocycles. The molecule has 0 unspecified atom stereocenters. The average molecular weight is 421 g/mol. The van der Waals surface area contributed by atoms with Gasteiger partial charge in [-0.05, 0) is 85.8 Å². The smallest absolute Gasteiger partial charge is 0.387 e. The molecular weight excluding hydrogens is 390 g/mol. The van der Waals surface area contributed by atoms with Gasteiger partial charge in [-0.1, -0.05) is 12.1 Å². The van der Waals surface area contributed by atoms with Gasteiger partial charge in [-0.3, -0.25) is 9.59 Å². The van der Waals surface area contributed by atoms with Crippen molar-refractivity contribution in [2.45, 2.75) is 58.0 Å². The lowest BCUT2D eigenvalue weighted by atomic mass is 9.49. The second-order valence-corrected chi connectivity index (χ2v) is 9.49. The Morgan fingerprint density at radius 3 is 2.13 bits per heavy atom. The number of benzene rings is 1. The fraction of sp³-hybridized carbons (Fsp3) is 0.652. The van der Waals surface area contributed by atoms with E-state index < -0.39 is 6.61 Å². The van der Waals surface area contributed by atoms with E-state index in [9.17, 15) is 18.4 Å². The number of carbonyl (C=O) groups is 2. The van der Waals surface area contributed by atoms with Crippen LogP contribution in [-0.4, -0.2) is 31.5 Å². The molecular formula is C23H30F2N2O3. The summed E-state index contributed by atoms with van der Waals surface area (Å²) in [6.07, 6.45) is 8.72. The molecule has 4 bridgehead atoms. The standard InChI is InChI=1S/C23H30F2N2O3/c24-22(25)30-19-3-1-15(2-4-19)5-6-26-21(29)14-27-20(28)13-23-10-16-7-17(11-23)9-18(8-16)12-23/h1-4,16-18,22H,5-14H2,(H,26,29)(H,27,28). The molecule has 30 heavy (non-hydrogen) atoms. The highest BCUT2D eigenvalue weighted by Crippen LogP contribution is 2.61. The van der Waals surface area contributed by atoms with Crippen molar-refractivity contribution in [1.82, 2.24) is 10.6 Å². The highest BCUT2D eigenvalue weighted by Gasteiger charge is 2.51. The maximum atomic E-state index is 12.5. The summed E-state index contributed by atoms with van der Waals surface area (Å²) in [5.74, 6) is 2.31. The largest absolute Gasteiger partial charge is 0.435 e. The van der Waals surface area contributed by atoms with E-state index >= 15 is 0 Å². The van der Waals surface area contributed by atoms with Crippen LogP contribution in [-0.2, 0) is 16.0 Å². The van der Waals surface area contributed by atoms with Crippen molar-refractivity contribution in [3.8, 4) is 5.75 Å². The number of halogens is 2. The van der Waals surface area contributed by atoms with E-state index in [4.69, 9.17) is 0 Å². The molecule has 2 amide bonds. The first-order valence-corrected chi connectivity index (χ1v) is 11.0. The lowest BCUT2D eigenvalue weighted by molar-refractivity contribution is -0.131. The third kappa shape index (κ3) is 5.29. The van der Waals surface area contributed by atoms with E-state index in [1.807, 2.05) is 0 Å². The van der Waals surface area contributed by atoms with E-state index in [1.54, 1.807) is 12.1 Å². The summed E-state index contributed by atoms with van der Waals surface area (Å²) < 4.78 is 28.6. The SMILES string of the molecule is O=C(CNC(=O)CC12CC3CC(CC(C3)C1)C2)NCCc1ccc(OC(F)F)cc1. The molecule has 1 aromatic rings. The summed E-state index contributed by atoms with van der Waals surface area (Å²) in [4.78, 5) is 24.5. The lowest BCUT2D eigenvalue weighted by Gasteiger charge is -2.56. The predicted molar refractivity (Wildman–Crippen MR) is 108 cm³/mol. The van der Waals surface area contributed by atoms with Crippen LogP contribution in [0.5, 0.6) is 5.75 Å². The van der Waals surface area contributed by atoms with Crippen LogP contribution in [0.2, 0.25) is 0 Å². The number of nitrogens with one attached hydrogen (secondary N) is 2. The van der Waals surface area contributed by atoms with Crippen LogP contribution in [0, 0.1) is 23.2 Å². The van der Waals surface area contributed by atoms with Gasteiger partial charge in [0.05, 0.1) is 6.54 Å². The number of hydrogen-bond donors (Lipinski definition) is 2. The summed E-state index contributed by atoms with van der Waals surface area (Å²) >= 11 is 0. The molecule has 4 aliphatic carbocycles. The van der Waals surface area contributed by atoms with Crippen LogP contribution in [0.3, 0.4) is 0 Å². The third-order valence-electron chi connectivity index (χ3n) is 7.03. The summed E-state index contributed by atoms with van der Waals surface area (Å²) in [6.45, 7) is -2.43. The number of amides is 2. The van der Waals surface area contributed by atoms with Gasteiger partial charge >= 0.3 is 6.61 Å². The molecule has 4 fully saturated rings. The highest BCUT2D eigenvalue weighted by molar-refractivity contribution is 5.84. The Hall–Kier alpha value is -2.18. The Balaban J connectivity index is 1.14. The summed E-state index contributed by atoms with van der Waals surface area (Å²) in [5.41, 5.74) is 1.08. The van der Waals surface area contributed by atoms with E-state index in [1.165, 1.54) is 50.7 Å². The van der Waals surface area contributed by atoms with Gasteiger partial charge in [-0.2, -0.15) is 8.78 Å². The first-order valence-electron chi connectivity index (χ1n) is 11.0. The van der Waals surface area contributed by atoms with E-state index in [-0.39, 0.29) is 29.5 Å². The summed E-state index contributed by atoms with van der Waals surface area (Å²) in [6, 6.07) is 6.34.